The monoisotopic (exact) mass is 261 g/mol. The first-order valence-corrected chi connectivity index (χ1v) is 5.32. The molecule has 0 bridgehead atoms. The summed E-state index contributed by atoms with van der Waals surface area (Å²) in [5, 5.41) is 11.7. The number of nitrogens with one attached hydrogen (secondary N) is 1. The molecular weight excluding hydrogens is 249 g/mol. The zero-order valence-corrected chi connectivity index (χ0v) is 10.00. The number of carbonyl (C=O) groups excluding carboxylic acids is 1. The Bertz CT molecular complexity index is 400. The number of rotatable bonds is 5. The van der Waals surface area contributed by atoms with Gasteiger partial charge in [0.25, 0.3) is 5.91 Å². The highest BCUT2D eigenvalue weighted by atomic mass is 35.5. The molecule has 1 unspecified atom stereocenters. The van der Waals surface area contributed by atoms with E-state index in [4.69, 9.17) is 16.3 Å². The van der Waals surface area contributed by atoms with E-state index in [1.165, 1.54) is 19.2 Å². The highest BCUT2D eigenvalue weighted by molar-refractivity contribution is 6.31. The van der Waals surface area contributed by atoms with Crippen LogP contribution in [0.2, 0.25) is 5.02 Å². The van der Waals surface area contributed by atoms with Crippen molar-refractivity contribution in [2.75, 3.05) is 20.3 Å². The Morgan fingerprint density at radius 3 is 2.94 bits per heavy atom. The second-order valence-electron chi connectivity index (χ2n) is 3.45. The van der Waals surface area contributed by atoms with Crippen molar-refractivity contribution in [3.05, 3.63) is 34.6 Å². The van der Waals surface area contributed by atoms with Gasteiger partial charge in [0.2, 0.25) is 0 Å². The Hall–Kier alpha value is -1.17. The Kier molecular flexibility index (Phi) is 5.34. The van der Waals surface area contributed by atoms with Crippen molar-refractivity contribution in [1.82, 2.24) is 5.32 Å². The number of halogens is 2. The first-order valence-electron chi connectivity index (χ1n) is 4.95. The molecule has 0 spiro atoms. The number of methoxy groups -OCH3 is 1. The number of hydrogen-bond acceptors (Lipinski definition) is 3. The van der Waals surface area contributed by atoms with Gasteiger partial charge in [-0.15, -0.1) is 0 Å². The van der Waals surface area contributed by atoms with E-state index >= 15 is 0 Å². The van der Waals surface area contributed by atoms with E-state index in [0.29, 0.717) is 0 Å². The van der Waals surface area contributed by atoms with E-state index in [-0.39, 0.29) is 23.7 Å². The summed E-state index contributed by atoms with van der Waals surface area (Å²) >= 11 is 5.55. The summed E-state index contributed by atoms with van der Waals surface area (Å²) in [7, 11) is 1.45. The molecule has 0 saturated heterocycles. The average molecular weight is 262 g/mol. The summed E-state index contributed by atoms with van der Waals surface area (Å²) < 4.78 is 17.6. The molecule has 0 radical (unpaired) electrons. The van der Waals surface area contributed by atoms with Gasteiger partial charge in [-0.25, -0.2) is 4.39 Å². The van der Waals surface area contributed by atoms with Crippen LogP contribution in [0.3, 0.4) is 0 Å². The highest BCUT2D eigenvalue weighted by Crippen LogP contribution is 2.15. The third-order valence-electron chi connectivity index (χ3n) is 2.04. The quantitative estimate of drug-likeness (QED) is 0.838. The summed E-state index contributed by atoms with van der Waals surface area (Å²) in [6.45, 7) is 0.187. The zero-order chi connectivity index (χ0) is 12.8. The van der Waals surface area contributed by atoms with Crippen LogP contribution in [-0.4, -0.2) is 37.4 Å². The highest BCUT2D eigenvalue weighted by Gasteiger charge is 2.10. The second-order valence-corrected chi connectivity index (χ2v) is 3.86. The van der Waals surface area contributed by atoms with E-state index in [1.54, 1.807) is 0 Å². The minimum absolute atomic E-state index is 0.0572. The summed E-state index contributed by atoms with van der Waals surface area (Å²) in [6.07, 6.45) is -0.778. The van der Waals surface area contributed by atoms with Crippen molar-refractivity contribution in [3.8, 4) is 0 Å². The van der Waals surface area contributed by atoms with Crippen molar-refractivity contribution in [1.29, 1.82) is 0 Å². The van der Waals surface area contributed by atoms with Gasteiger partial charge in [0.15, 0.2) is 0 Å². The number of amides is 1. The smallest absolute Gasteiger partial charge is 0.251 e. The lowest BCUT2D eigenvalue weighted by molar-refractivity contribution is 0.0610. The van der Waals surface area contributed by atoms with Crippen molar-refractivity contribution >= 4 is 17.5 Å². The lowest BCUT2D eigenvalue weighted by atomic mass is 10.2. The third-order valence-corrected chi connectivity index (χ3v) is 2.33. The molecule has 17 heavy (non-hydrogen) atoms. The molecule has 0 aromatic heterocycles. The predicted molar refractivity (Wildman–Crippen MR) is 61.6 cm³/mol. The molecule has 1 rings (SSSR count). The lowest BCUT2D eigenvalue weighted by Gasteiger charge is -2.10. The lowest BCUT2D eigenvalue weighted by Crippen LogP contribution is -2.34. The molecule has 94 valence electrons. The van der Waals surface area contributed by atoms with Crippen LogP contribution in [0.4, 0.5) is 4.39 Å². The largest absolute Gasteiger partial charge is 0.389 e. The number of hydrogen-bond donors (Lipinski definition) is 2. The van der Waals surface area contributed by atoms with Gasteiger partial charge in [-0.1, -0.05) is 11.6 Å². The van der Waals surface area contributed by atoms with Gasteiger partial charge >= 0.3 is 0 Å². The molecular formula is C11H13ClFNO3. The van der Waals surface area contributed by atoms with Crippen molar-refractivity contribution in [2.24, 2.45) is 0 Å². The van der Waals surface area contributed by atoms with Gasteiger partial charge < -0.3 is 15.2 Å². The van der Waals surface area contributed by atoms with Gasteiger partial charge in [0, 0.05) is 19.2 Å². The van der Waals surface area contributed by atoms with Crippen LogP contribution < -0.4 is 5.32 Å². The Balaban J connectivity index is 2.55. The van der Waals surface area contributed by atoms with Crippen LogP contribution in [-0.2, 0) is 4.74 Å². The molecule has 0 fully saturated rings. The maximum absolute atomic E-state index is 12.9. The predicted octanol–water partition coefficient (Wildman–Crippen LogP) is 1.22. The molecule has 4 nitrogen and oxygen atoms in total. The molecule has 1 aromatic carbocycles. The summed E-state index contributed by atoms with van der Waals surface area (Å²) in [5.74, 6) is -1.01. The minimum atomic E-state index is -0.778. The topological polar surface area (TPSA) is 58.6 Å². The molecule has 1 amide bonds. The van der Waals surface area contributed by atoms with Crippen LogP contribution in [0.1, 0.15) is 10.4 Å². The first kappa shape index (κ1) is 13.9. The molecule has 0 heterocycles. The van der Waals surface area contributed by atoms with Gasteiger partial charge in [0.05, 0.1) is 17.7 Å². The van der Waals surface area contributed by atoms with Crippen molar-refractivity contribution < 1.29 is 19.0 Å². The molecule has 1 atom stereocenters. The number of ether oxygens (including phenoxy) is 1. The summed E-state index contributed by atoms with van der Waals surface area (Å²) in [5.41, 5.74) is 0.237. The van der Waals surface area contributed by atoms with Crippen molar-refractivity contribution in [2.45, 2.75) is 6.10 Å². The van der Waals surface area contributed by atoms with Crippen LogP contribution in [0, 0.1) is 5.82 Å². The van der Waals surface area contributed by atoms with E-state index in [9.17, 15) is 14.3 Å². The first-order chi connectivity index (χ1) is 8.04. The summed E-state index contributed by atoms with van der Waals surface area (Å²) in [4.78, 5) is 11.6. The normalized spacial score (nSPS) is 12.2. The number of benzene rings is 1. The minimum Gasteiger partial charge on any atom is -0.389 e. The van der Waals surface area contributed by atoms with Gasteiger partial charge in [-0.05, 0) is 18.2 Å². The molecule has 2 N–H and O–H groups in total. The Morgan fingerprint density at radius 2 is 2.35 bits per heavy atom. The average Bonchev–Trinajstić information content (AvgIpc) is 2.30. The molecule has 0 aliphatic rings. The molecule has 1 aromatic rings. The fraction of sp³-hybridized carbons (Fsp3) is 0.364. The van der Waals surface area contributed by atoms with Crippen LogP contribution in [0.5, 0.6) is 0 Å². The van der Waals surface area contributed by atoms with E-state index in [0.717, 1.165) is 6.07 Å². The SMILES string of the molecule is COCC(O)CNC(=O)c1ccc(F)c(Cl)c1. The zero-order valence-electron chi connectivity index (χ0n) is 9.24. The number of carbonyl (C=O) groups is 1. The van der Waals surface area contributed by atoms with Crippen LogP contribution >= 0.6 is 11.6 Å². The van der Waals surface area contributed by atoms with E-state index in [2.05, 4.69) is 5.32 Å². The number of aliphatic hydroxyl groups excluding tert-OH is 1. The van der Waals surface area contributed by atoms with E-state index in [1.807, 2.05) is 0 Å². The molecule has 6 heteroatoms. The molecule has 0 saturated carbocycles. The molecule has 0 aliphatic heterocycles. The fourth-order valence-electron chi connectivity index (χ4n) is 1.20. The van der Waals surface area contributed by atoms with Gasteiger partial charge in [-0.3, -0.25) is 4.79 Å². The van der Waals surface area contributed by atoms with E-state index < -0.39 is 17.8 Å². The van der Waals surface area contributed by atoms with Crippen molar-refractivity contribution in [3.63, 3.8) is 0 Å². The maximum atomic E-state index is 12.9. The Morgan fingerprint density at radius 1 is 1.65 bits per heavy atom. The second kappa shape index (κ2) is 6.54. The fourth-order valence-corrected chi connectivity index (χ4v) is 1.38. The Labute approximate surface area is 103 Å². The summed E-state index contributed by atoms with van der Waals surface area (Å²) in [6, 6.07) is 3.66. The van der Waals surface area contributed by atoms with Crippen LogP contribution in [0.15, 0.2) is 18.2 Å². The van der Waals surface area contributed by atoms with Gasteiger partial charge in [0.1, 0.15) is 5.82 Å². The third kappa shape index (κ3) is 4.30. The maximum Gasteiger partial charge on any atom is 0.251 e. The standard InChI is InChI=1S/C11H13ClFNO3/c1-17-6-8(15)5-14-11(16)7-2-3-10(13)9(12)4-7/h2-4,8,15H,5-6H2,1H3,(H,14,16). The van der Waals surface area contributed by atoms with Crippen LogP contribution in [0.25, 0.3) is 0 Å². The van der Waals surface area contributed by atoms with Gasteiger partial charge in [-0.2, -0.15) is 0 Å². The number of aliphatic hydroxyl groups is 1. The molecule has 0 aliphatic carbocycles.